The molecule has 0 bridgehead atoms. The molecule has 4 heteroatoms. The quantitative estimate of drug-likeness (QED) is 0.230. The summed E-state index contributed by atoms with van der Waals surface area (Å²) in [7, 11) is 2.14. The second-order valence-corrected chi connectivity index (χ2v) is 11.4. The average Bonchev–Trinajstić information content (AvgIpc) is 3.41. The fraction of sp³-hybridized carbons (Fsp3) is 0.235. The number of benzene rings is 4. The SMILES string of the molecule is Cc1cc2nc(-c3c(C)cccc3C)oc2cc1-c1n(-c2ccc(C(C)(C)C)cc2)c2ccccc2[n+]1C. The second kappa shape index (κ2) is 8.70. The van der Waals surface area contributed by atoms with Crippen molar-refractivity contribution in [2.75, 3.05) is 0 Å². The van der Waals surface area contributed by atoms with E-state index in [9.17, 15) is 0 Å². The summed E-state index contributed by atoms with van der Waals surface area (Å²) in [4.78, 5) is 4.90. The third kappa shape index (κ3) is 3.83. The van der Waals surface area contributed by atoms with E-state index in [4.69, 9.17) is 9.40 Å². The van der Waals surface area contributed by atoms with E-state index in [0.717, 1.165) is 39.3 Å². The molecule has 6 aromatic rings. The molecule has 0 aliphatic heterocycles. The number of para-hydroxylation sites is 2. The molecule has 0 aliphatic rings. The molecular formula is C34H34N3O+. The van der Waals surface area contributed by atoms with E-state index in [2.05, 4.69) is 137 Å². The van der Waals surface area contributed by atoms with Gasteiger partial charge in [0.15, 0.2) is 16.6 Å². The van der Waals surface area contributed by atoms with Crippen LogP contribution < -0.4 is 4.57 Å². The Balaban J connectivity index is 1.59. The first-order valence-electron chi connectivity index (χ1n) is 13.2. The van der Waals surface area contributed by atoms with Crippen molar-refractivity contribution in [2.24, 2.45) is 7.05 Å². The minimum absolute atomic E-state index is 0.103. The lowest BCUT2D eigenvalue weighted by Crippen LogP contribution is -2.30. The molecule has 0 amide bonds. The van der Waals surface area contributed by atoms with Crippen LogP contribution in [-0.4, -0.2) is 9.55 Å². The summed E-state index contributed by atoms with van der Waals surface area (Å²) in [5, 5.41) is 0. The van der Waals surface area contributed by atoms with Crippen molar-refractivity contribution in [1.29, 1.82) is 0 Å². The van der Waals surface area contributed by atoms with Gasteiger partial charge in [0, 0.05) is 5.56 Å². The first-order valence-corrected chi connectivity index (χ1v) is 13.2. The normalized spacial score (nSPS) is 12.1. The number of hydrogen-bond acceptors (Lipinski definition) is 2. The van der Waals surface area contributed by atoms with E-state index < -0.39 is 0 Å². The predicted molar refractivity (Wildman–Crippen MR) is 156 cm³/mol. The van der Waals surface area contributed by atoms with Gasteiger partial charge in [0.1, 0.15) is 11.2 Å². The first kappa shape index (κ1) is 24.2. The number of aryl methyl sites for hydroxylation is 4. The van der Waals surface area contributed by atoms with Gasteiger partial charge in [0.2, 0.25) is 5.89 Å². The minimum Gasteiger partial charge on any atom is -0.436 e. The summed E-state index contributed by atoms with van der Waals surface area (Å²) < 4.78 is 11.1. The van der Waals surface area contributed by atoms with E-state index in [-0.39, 0.29) is 5.41 Å². The molecule has 38 heavy (non-hydrogen) atoms. The van der Waals surface area contributed by atoms with E-state index in [1.54, 1.807) is 0 Å². The Morgan fingerprint density at radius 3 is 2.16 bits per heavy atom. The zero-order chi connectivity index (χ0) is 26.8. The summed E-state index contributed by atoms with van der Waals surface area (Å²) in [5.74, 6) is 1.79. The lowest BCUT2D eigenvalue weighted by Gasteiger charge is -2.18. The fourth-order valence-electron chi connectivity index (χ4n) is 5.57. The highest BCUT2D eigenvalue weighted by Gasteiger charge is 2.28. The van der Waals surface area contributed by atoms with Crippen LogP contribution in [0.25, 0.3) is 50.7 Å². The second-order valence-electron chi connectivity index (χ2n) is 11.4. The number of aromatic nitrogens is 3. The van der Waals surface area contributed by atoms with Crippen LogP contribution in [0.15, 0.2) is 83.3 Å². The summed E-state index contributed by atoms with van der Waals surface area (Å²) >= 11 is 0. The summed E-state index contributed by atoms with van der Waals surface area (Å²) in [6, 6.07) is 28.1. The van der Waals surface area contributed by atoms with Gasteiger partial charge in [-0.1, -0.05) is 63.2 Å². The topological polar surface area (TPSA) is 34.8 Å². The van der Waals surface area contributed by atoms with Crippen molar-refractivity contribution in [3.05, 3.63) is 101 Å². The van der Waals surface area contributed by atoms with Gasteiger partial charge in [0.05, 0.1) is 12.6 Å². The Labute approximate surface area is 224 Å². The van der Waals surface area contributed by atoms with Gasteiger partial charge in [-0.15, -0.1) is 0 Å². The molecule has 190 valence electrons. The molecule has 2 heterocycles. The van der Waals surface area contributed by atoms with Gasteiger partial charge in [-0.25, -0.2) is 9.55 Å². The standard InChI is InChI=1S/C34H34N3O/c1-21-11-10-12-22(2)31(21)32-35-27-19-23(3)26(20-30(27)38-32)33-36(7)28-13-8-9-14-29(28)37(33)25-17-15-24(16-18-25)34(4,5)6/h8-20H,1-7H3/q+1. The van der Waals surface area contributed by atoms with Crippen LogP contribution in [0.2, 0.25) is 0 Å². The number of fused-ring (bicyclic) bond motifs is 2. The maximum absolute atomic E-state index is 6.42. The Morgan fingerprint density at radius 1 is 0.789 bits per heavy atom. The molecule has 0 saturated heterocycles. The third-order valence-electron chi connectivity index (χ3n) is 7.68. The number of oxazole rings is 1. The van der Waals surface area contributed by atoms with E-state index in [0.29, 0.717) is 5.89 Å². The molecule has 4 aromatic carbocycles. The third-order valence-corrected chi connectivity index (χ3v) is 7.68. The molecule has 4 nitrogen and oxygen atoms in total. The smallest absolute Gasteiger partial charge is 0.295 e. The molecule has 0 N–H and O–H groups in total. The van der Waals surface area contributed by atoms with Gasteiger partial charge in [-0.05, 0) is 84.8 Å². The van der Waals surface area contributed by atoms with Crippen LogP contribution in [-0.2, 0) is 12.5 Å². The van der Waals surface area contributed by atoms with Crippen molar-refractivity contribution >= 4 is 22.1 Å². The number of rotatable bonds is 3. The maximum Gasteiger partial charge on any atom is 0.295 e. The van der Waals surface area contributed by atoms with Gasteiger partial charge < -0.3 is 4.42 Å². The van der Waals surface area contributed by atoms with Gasteiger partial charge in [-0.2, -0.15) is 4.57 Å². The fourth-order valence-corrected chi connectivity index (χ4v) is 5.57. The molecule has 6 rings (SSSR count). The minimum atomic E-state index is 0.103. The van der Waals surface area contributed by atoms with Crippen molar-refractivity contribution < 1.29 is 8.98 Å². The van der Waals surface area contributed by atoms with Crippen LogP contribution in [0, 0.1) is 20.8 Å². The van der Waals surface area contributed by atoms with Gasteiger partial charge in [0.25, 0.3) is 5.82 Å². The zero-order valence-electron chi connectivity index (χ0n) is 23.3. The lowest BCUT2D eigenvalue weighted by molar-refractivity contribution is -0.633. The van der Waals surface area contributed by atoms with Crippen LogP contribution in [0.4, 0.5) is 0 Å². The van der Waals surface area contributed by atoms with E-state index >= 15 is 0 Å². The number of nitrogens with zero attached hydrogens (tertiary/aromatic N) is 3. The van der Waals surface area contributed by atoms with Crippen molar-refractivity contribution in [3.63, 3.8) is 0 Å². The summed E-state index contributed by atoms with van der Waals surface area (Å²) in [6.07, 6.45) is 0. The van der Waals surface area contributed by atoms with Gasteiger partial charge >= 0.3 is 0 Å². The highest BCUT2D eigenvalue weighted by atomic mass is 16.3. The number of hydrogen-bond donors (Lipinski definition) is 0. The summed E-state index contributed by atoms with van der Waals surface area (Å²) in [6.45, 7) is 13.1. The Kier molecular flexibility index (Phi) is 5.53. The first-order chi connectivity index (χ1) is 18.1. The molecule has 0 unspecified atom stereocenters. The molecule has 0 aliphatic carbocycles. The van der Waals surface area contributed by atoms with Gasteiger partial charge in [-0.3, -0.25) is 0 Å². The highest BCUT2D eigenvalue weighted by Crippen LogP contribution is 2.35. The molecule has 0 saturated carbocycles. The van der Waals surface area contributed by atoms with Crippen LogP contribution >= 0.6 is 0 Å². The van der Waals surface area contributed by atoms with Crippen LogP contribution in [0.3, 0.4) is 0 Å². The van der Waals surface area contributed by atoms with Crippen molar-refractivity contribution in [1.82, 2.24) is 9.55 Å². The maximum atomic E-state index is 6.42. The largest absolute Gasteiger partial charge is 0.436 e. The molecule has 2 aromatic heterocycles. The van der Waals surface area contributed by atoms with Crippen LogP contribution in [0.1, 0.15) is 43.0 Å². The monoisotopic (exact) mass is 500 g/mol. The highest BCUT2D eigenvalue weighted by molar-refractivity contribution is 5.86. The van der Waals surface area contributed by atoms with E-state index in [1.807, 2.05) is 0 Å². The summed E-state index contributed by atoms with van der Waals surface area (Å²) in [5.41, 5.74) is 12.3. The van der Waals surface area contributed by atoms with Crippen molar-refractivity contribution in [3.8, 4) is 28.5 Å². The predicted octanol–water partition coefficient (Wildman–Crippen LogP) is 8.15. The zero-order valence-corrected chi connectivity index (χ0v) is 23.3. The van der Waals surface area contributed by atoms with Crippen molar-refractivity contribution in [2.45, 2.75) is 47.0 Å². The number of imidazole rings is 1. The lowest BCUT2D eigenvalue weighted by atomic mass is 9.87. The Hall–Kier alpha value is -4.18. The molecule has 0 radical (unpaired) electrons. The van der Waals surface area contributed by atoms with Crippen LogP contribution in [0.5, 0.6) is 0 Å². The molecule has 0 spiro atoms. The molecule has 0 fully saturated rings. The molecular weight excluding hydrogens is 466 g/mol. The Morgan fingerprint density at radius 2 is 1.47 bits per heavy atom. The Bertz CT molecular complexity index is 1810. The van der Waals surface area contributed by atoms with E-state index in [1.165, 1.54) is 27.7 Å². The average molecular weight is 501 g/mol. The molecule has 0 atom stereocenters.